The van der Waals surface area contributed by atoms with Crippen LogP contribution >= 0.6 is 0 Å². The van der Waals surface area contributed by atoms with E-state index >= 15 is 0 Å². The van der Waals surface area contributed by atoms with Crippen molar-refractivity contribution in [3.63, 3.8) is 0 Å². The largest absolute Gasteiger partial charge is 0.484 e. The molecule has 0 aromatic heterocycles. The normalized spacial score (nSPS) is 13.6. The molecule has 0 bridgehead atoms. The summed E-state index contributed by atoms with van der Waals surface area (Å²) in [6.07, 6.45) is 2.58. The van der Waals surface area contributed by atoms with Crippen LogP contribution in [0.2, 0.25) is 0 Å². The molecule has 1 fully saturated rings. The molecule has 3 aromatic carbocycles. The second kappa shape index (κ2) is 10.7. The molecule has 1 aliphatic rings. The molecule has 0 atom stereocenters. The molecule has 1 amide bonds. The van der Waals surface area contributed by atoms with Gasteiger partial charge in [-0.15, -0.1) is 0 Å². The van der Waals surface area contributed by atoms with Gasteiger partial charge in [0.15, 0.2) is 6.61 Å². The molecular formula is C26H27N3O4. The summed E-state index contributed by atoms with van der Waals surface area (Å²) in [5.41, 5.74) is 4.52. The average molecular weight is 446 g/mol. The lowest BCUT2D eigenvalue weighted by Crippen LogP contribution is -2.28. The average Bonchev–Trinajstić information content (AvgIpc) is 3.35. The summed E-state index contributed by atoms with van der Waals surface area (Å²) in [5.74, 6) is 0.147. The van der Waals surface area contributed by atoms with Crippen LogP contribution < -0.4 is 10.1 Å². The summed E-state index contributed by atoms with van der Waals surface area (Å²) in [5, 5.41) is 13.6. The second-order valence-electron chi connectivity index (χ2n) is 8.15. The zero-order chi connectivity index (χ0) is 23.0. The topological polar surface area (TPSA) is 84.7 Å². The Kier molecular flexibility index (Phi) is 7.32. The molecule has 1 N–H and O–H groups in total. The van der Waals surface area contributed by atoms with Gasteiger partial charge >= 0.3 is 0 Å². The van der Waals surface area contributed by atoms with Crippen LogP contribution in [0.25, 0.3) is 11.1 Å². The lowest BCUT2D eigenvalue weighted by Gasteiger charge is -2.15. The Hall–Kier alpha value is -3.71. The summed E-state index contributed by atoms with van der Waals surface area (Å²) in [4.78, 5) is 25.0. The Morgan fingerprint density at radius 1 is 0.970 bits per heavy atom. The number of carbonyl (C=O) groups is 1. The minimum Gasteiger partial charge on any atom is -0.484 e. The molecule has 7 heteroatoms. The summed E-state index contributed by atoms with van der Waals surface area (Å²) in [6, 6.07) is 22.3. The number of nitro groups is 1. The van der Waals surface area contributed by atoms with E-state index in [0.29, 0.717) is 12.3 Å². The molecule has 0 saturated carbocycles. The Labute approximate surface area is 193 Å². The van der Waals surface area contributed by atoms with Gasteiger partial charge in [-0.05, 0) is 60.3 Å². The van der Waals surface area contributed by atoms with Crippen molar-refractivity contribution < 1.29 is 14.5 Å². The van der Waals surface area contributed by atoms with E-state index in [2.05, 4.69) is 40.5 Å². The number of likely N-dealkylation sites (tertiary alicyclic amines) is 1. The van der Waals surface area contributed by atoms with Crippen LogP contribution in [-0.2, 0) is 17.9 Å². The van der Waals surface area contributed by atoms with Gasteiger partial charge in [-0.1, -0.05) is 48.5 Å². The smallest absolute Gasteiger partial charge is 0.269 e. The summed E-state index contributed by atoms with van der Waals surface area (Å²) < 4.78 is 5.43. The van der Waals surface area contributed by atoms with Gasteiger partial charge in [0.25, 0.3) is 11.6 Å². The number of non-ortho nitro benzene ring substituents is 1. The van der Waals surface area contributed by atoms with Crippen LogP contribution in [0.15, 0.2) is 72.8 Å². The number of carbonyl (C=O) groups excluding carboxylic acids is 1. The minimum atomic E-state index is -0.477. The first kappa shape index (κ1) is 22.5. The lowest BCUT2D eigenvalue weighted by atomic mass is 9.98. The van der Waals surface area contributed by atoms with E-state index in [9.17, 15) is 14.9 Å². The van der Waals surface area contributed by atoms with Crippen molar-refractivity contribution in [2.45, 2.75) is 25.9 Å². The van der Waals surface area contributed by atoms with Gasteiger partial charge in [-0.2, -0.15) is 0 Å². The van der Waals surface area contributed by atoms with E-state index < -0.39 is 4.92 Å². The maximum atomic E-state index is 12.3. The van der Waals surface area contributed by atoms with Crippen LogP contribution in [0.1, 0.15) is 24.0 Å². The van der Waals surface area contributed by atoms with Gasteiger partial charge in [0.2, 0.25) is 0 Å². The predicted octanol–water partition coefficient (Wildman–Crippen LogP) is 4.55. The van der Waals surface area contributed by atoms with Crippen molar-refractivity contribution in [1.82, 2.24) is 10.2 Å². The fraction of sp³-hybridized carbons (Fsp3) is 0.269. The molecule has 1 heterocycles. The molecule has 7 nitrogen and oxygen atoms in total. The van der Waals surface area contributed by atoms with Crippen LogP contribution in [0.5, 0.6) is 5.75 Å². The van der Waals surface area contributed by atoms with E-state index in [4.69, 9.17) is 4.74 Å². The first-order valence-corrected chi connectivity index (χ1v) is 11.1. The maximum Gasteiger partial charge on any atom is 0.269 e. The Morgan fingerprint density at radius 3 is 2.36 bits per heavy atom. The molecule has 170 valence electrons. The molecule has 0 radical (unpaired) electrons. The number of hydrogen-bond donors (Lipinski definition) is 1. The third-order valence-corrected chi connectivity index (χ3v) is 5.78. The Balaban J connectivity index is 1.32. The quantitative estimate of drug-likeness (QED) is 0.386. The number of nitrogens with zero attached hydrogens (tertiary/aromatic N) is 2. The van der Waals surface area contributed by atoms with Gasteiger partial charge in [0.1, 0.15) is 5.75 Å². The standard InChI is InChI=1S/C26H27N3O4/c30-26(19-33-24-13-11-23(12-14-24)29(31)32)27-17-22-5-1-2-6-25(22)21-9-7-20(8-10-21)18-28-15-3-4-16-28/h1-2,5-14H,3-4,15-19H2,(H,27,30). The Morgan fingerprint density at radius 2 is 1.67 bits per heavy atom. The molecule has 0 unspecified atom stereocenters. The first-order chi connectivity index (χ1) is 16.1. The number of nitrogens with one attached hydrogen (secondary N) is 1. The highest BCUT2D eigenvalue weighted by Gasteiger charge is 2.12. The van der Waals surface area contributed by atoms with Gasteiger partial charge in [0.05, 0.1) is 4.92 Å². The van der Waals surface area contributed by atoms with E-state index in [1.807, 2.05) is 18.2 Å². The third-order valence-electron chi connectivity index (χ3n) is 5.78. The number of rotatable bonds is 9. The molecular weight excluding hydrogens is 418 g/mol. The number of benzene rings is 3. The van der Waals surface area contributed by atoms with Crippen molar-refractivity contribution in [1.29, 1.82) is 0 Å². The zero-order valence-electron chi connectivity index (χ0n) is 18.4. The fourth-order valence-corrected chi connectivity index (χ4v) is 4.00. The van der Waals surface area contributed by atoms with Gasteiger partial charge in [-0.3, -0.25) is 19.8 Å². The SMILES string of the molecule is O=C(COc1ccc([N+](=O)[O-])cc1)NCc1ccccc1-c1ccc(CN2CCCC2)cc1. The van der Waals surface area contributed by atoms with Gasteiger partial charge < -0.3 is 10.1 Å². The van der Waals surface area contributed by atoms with E-state index in [0.717, 1.165) is 23.2 Å². The lowest BCUT2D eigenvalue weighted by molar-refractivity contribution is -0.384. The number of hydrogen-bond acceptors (Lipinski definition) is 5. The highest BCUT2D eigenvalue weighted by Crippen LogP contribution is 2.25. The monoisotopic (exact) mass is 445 g/mol. The van der Waals surface area contributed by atoms with Crippen molar-refractivity contribution in [2.24, 2.45) is 0 Å². The van der Waals surface area contributed by atoms with Crippen molar-refractivity contribution in [2.75, 3.05) is 19.7 Å². The maximum absolute atomic E-state index is 12.3. The van der Waals surface area contributed by atoms with Crippen LogP contribution in [0.3, 0.4) is 0 Å². The highest BCUT2D eigenvalue weighted by molar-refractivity contribution is 5.78. The molecule has 0 spiro atoms. The number of ether oxygens (including phenoxy) is 1. The number of nitro benzene ring substituents is 1. The highest BCUT2D eigenvalue weighted by atomic mass is 16.6. The fourth-order valence-electron chi connectivity index (χ4n) is 4.00. The van der Waals surface area contributed by atoms with Gasteiger partial charge in [-0.25, -0.2) is 0 Å². The third kappa shape index (κ3) is 6.17. The summed E-state index contributed by atoms with van der Waals surface area (Å²) in [6.45, 7) is 3.57. The first-order valence-electron chi connectivity index (χ1n) is 11.1. The van der Waals surface area contributed by atoms with Crippen molar-refractivity contribution in [3.05, 3.63) is 94.0 Å². The molecule has 0 aliphatic carbocycles. The van der Waals surface area contributed by atoms with Crippen molar-refractivity contribution >= 4 is 11.6 Å². The summed E-state index contributed by atoms with van der Waals surface area (Å²) >= 11 is 0. The van der Waals surface area contributed by atoms with E-state index in [-0.39, 0.29) is 18.2 Å². The summed E-state index contributed by atoms with van der Waals surface area (Å²) in [7, 11) is 0. The molecule has 1 saturated heterocycles. The van der Waals surface area contributed by atoms with Crippen molar-refractivity contribution in [3.8, 4) is 16.9 Å². The molecule has 4 rings (SSSR count). The van der Waals surface area contributed by atoms with E-state index in [1.165, 1.54) is 55.8 Å². The molecule has 33 heavy (non-hydrogen) atoms. The predicted molar refractivity (Wildman–Crippen MR) is 127 cm³/mol. The molecule has 1 aliphatic heterocycles. The second-order valence-corrected chi connectivity index (χ2v) is 8.15. The number of amides is 1. The van der Waals surface area contributed by atoms with Crippen LogP contribution in [0.4, 0.5) is 5.69 Å². The zero-order valence-corrected chi connectivity index (χ0v) is 18.4. The Bertz CT molecular complexity index is 1090. The van der Waals surface area contributed by atoms with E-state index in [1.54, 1.807) is 0 Å². The van der Waals surface area contributed by atoms with Crippen LogP contribution in [0, 0.1) is 10.1 Å². The van der Waals surface area contributed by atoms with Gasteiger partial charge in [0, 0.05) is 25.2 Å². The minimum absolute atomic E-state index is 0.0208. The molecule has 3 aromatic rings. The van der Waals surface area contributed by atoms with Crippen LogP contribution in [-0.4, -0.2) is 35.4 Å².